The first-order valence-corrected chi connectivity index (χ1v) is 6.24. The van der Waals surface area contributed by atoms with Crippen LogP contribution in [0.2, 0.25) is 0 Å². The first-order chi connectivity index (χ1) is 9.65. The molecule has 20 heavy (non-hydrogen) atoms. The number of aromatic hydroxyl groups is 1. The van der Waals surface area contributed by atoms with Gasteiger partial charge in [0.15, 0.2) is 0 Å². The molecular formula is C16H16N2O2. The van der Waals surface area contributed by atoms with Crippen molar-refractivity contribution in [3.05, 3.63) is 65.9 Å². The standard InChI is InChI=1S/C16H16N2O2/c1-12-5-4-6-13(11-12)9-10-17-16(20)18-14-7-2-3-8-15(14)19/h2-11,19H,1H3,(H2,17,18,20)/b10-9+. The summed E-state index contributed by atoms with van der Waals surface area (Å²) in [4.78, 5) is 11.6. The van der Waals surface area contributed by atoms with Crippen LogP contribution in [0.25, 0.3) is 6.08 Å². The highest BCUT2D eigenvalue weighted by Crippen LogP contribution is 2.21. The number of anilines is 1. The second kappa shape index (κ2) is 6.43. The van der Waals surface area contributed by atoms with Crippen LogP contribution in [0.3, 0.4) is 0 Å². The smallest absolute Gasteiger partial charge is 0.323 e. The third kappa shape index (κ3) is 3.88. The molecule has 0 fully saturated rings. The highest BCUT2D eigenvalue weighted by atomic mass is 16.3. The predicted molar refractivity (Wildman–Crippen MR) is 80.5 cm³/mol. The molecule has 0 atom stereocenters. The SMILES string of the molecule is Cc1cccc(/C=C/NC(=O)Nc2ccccc2O)c1. The zero-order valence-electron chi connectivity index (χ0n) is 11.1. The Morgan fingerprint density at radius 3 is 2.70 bits per heavy atom. The summed E-state index contributed by atoms with van der Waals surface area (Å²) >= 11 is 0. The van der Waals surface area contributed by atoms with Gasteiger partial charge in [-0.2, -0.15) is 0 Å². The molecule has 0 radical (unpaired) electrons. The number of urea groups is 1. The van der Waals surface area contributed by atoms with Crippen LogP contribution in [-0.2, 0) is 0 Å². The summed E-state index contributed by atoms with van der Waals surface area (Å²) in [6.07, 6.45) is 3.36. The Morgan fingerprint density at radius 1 is 1.15 bits per heavy atom. The molecular weight excluding hydrogens is 252 g/mol. The lowest BCUT2D eigenvalue weighted by molar-refractivity contribution is 0.255. The van der Waals surface area contributed by atoms with E-state index in [1.165, 1.54) is 6.07 Å². The molecule has 4 nitrogen and oxygen atoms in total. The van der Waals surface area contributed by atoms with Crippen molar-refractivity contribution in [1.29, 1.82) is 0 Å². The van der Waals surface area contributed by atoms with Crippen molar-refractivity contribution in [2.45, 2.75) is 6.92 Å². The van der Waals surface area contributed by atoms with Gasteiger partial charge in [0.1, 0.15) is 5.75 Å². The normalized spacial score (nSPS) is 10.4. The number of amides is 2. The van der Waals surface area contributed by atoms with Gasteiger partial charge < -0.3 is 15.7 Å². The minimum Gasteiger partial charge on any atom is -0.506 e. The second-order valence-corrected chi connectivity index (χ2v) is 4.36. The van der Waals surface area contributed by atoms with Crippen LogP contribution < -0.4 is 10.6 Å². The van der Waals surface area contributed by atoms with E-state index in [1.54, 1.807) is 30.5 Å². The van der Waals surface area contributed by atoms with Crippen molar-refractivity contribution < 1.29 is 9.90 Å². The first kappa shape index (κ1) is 13.7. The van der Waals surface area contributed by atoms with Gasteiger partial charge in [0, 0.05) is 6.20 Å². The summed E-state index contributed by atoms with van der Waals surface area (Å²) in [6.45, 7) is 2.01. The van der Waals surface area contributed by atoms with Gasteiger partial charge in [0.2, 0.25) is 0 Å². The van der Waals surface area contributed by atoms with Crippen molar-refractivity contribution in [2.24, 2.45) is 0 Å². The number of aryl methyl sites for hydroxylation is 1. The number of phenols is 1. The topological polar surface area (TPSA) is 61.4 Å². The molecule has 2 aromatic rings. The Bertz CT molecular complexity index is 636. The minimum absolute atomic E-state index is 0.0327. The van der Waals surface area contributed by atoms with Crippen LogP contribution in [-0.4, -0.2) is 11.1 Å². The van der Waals surface area contributed by atoms with Crippen LogP contribution in [0.1, 0.15) is 11.1 Å². The molecule has 3 N–H and O–H groups in total. The van der Waals surface area contributed by atoms with Gasteiger partial charge in [0.05, 0.1) is 5.69 Å². The summed E-state index contributed by atoms with van der Waals surface area (Å²) in [5.41, 5.74) is 2.53. The Morgan fingerprint density at radius 2 is 1.95 bits per heavy atom. The molecule has 4 heteroatoms. The van der Waals surface area contributed by atoms with Gasteiger partial charge in [-0.15, -0.1) is 0 Å². The van der Waals surface area contributed by atoms with Crippen LogP contribution in [0.5, 0.6) is 5.75 Å². The highest BCUT2D eigenvalue weighted by molar-refractivity contribution is 5.91. The fourth-order valence-corrected chi connectivity index (χ4v) is 1.73. The Kier molecular flexibility index (Phi) is 4.39. The van der Waals surface area contributed by atoms with Gasteiger partial charge in [0.25, 0.3) is 0 Å². The molecule has 0 aliphatic heterocycles. The maximum absolute atomic E-state index is 11.6. The van der Waals surface area contributed by atoms with Crippen LogP contribution in [0, 0.1) is 6.92 Å². The van der Waals surface area contributed by atoms with Crippen molar-refractivity contribution in [3.63, 3.8) is 0 Å². The molecule has 0 unspecified atom stereocenters. The third-order valence-electron chi connectivity index (χ3n) is 2.68. The first-order valence-electron chi connectivity index (χ1n) is 6.24. The molecule has 0 saturated heterocycles. The Balaban J connectivity index is 1.91. The summed E-state index contributed by atoms with van der Waals surface area (Å²) < 4.78 is 0. The largest absolute Gasteiger partial charge is 0.506 e. The van der Waals surface area contributed by atoms with E-state index in [0.29, 0.717) is 5.69 Å². The number of para-hydroxylation sites is 2. The minimum atomic E-state index is -0.407. The average molecular weight is 268 g/mol. The lowest BCUT2D eigenvalue weighted by Crippen LogP contribution is -2.23. The lowest BCUT2D eigenvalue weighted by atomic mass is 10.1. The van der Waals surface area contributed by atoms with Crippen molar-refractivity contribution >= 4 is 17.8 Å². The molecule has 0 bridgehead atoms. The summed E-state index contributed by atoms with van der Waals surface area (Å²) in [6, 6.07) is 14.1. The number of carbonyl (C=O) groups is 1. The molecule has 0 aromatic heterocycles. The molecule has 102 valence electrons. The molecule has 0 aliphatic carbocycles. The molecule has 0 aliphatic rings. The van der Waals surface area contributed by atoms with E-state index in [4.69, 9.17) is 0 Å². The number of benzene rings is 2. The van der Waals surface area contributed by atoms with E-state index >= 15 is 0 Å². The fraction of sp³-hybridized carbons (Fsp3) is 0.0625. The predicted octanol–water partition coefficient (Wildman–Crippen LogP) is 3.49. The summed E-state index contributed by atoms with van der Waals surface area (Å²) in [5.74, 6) is 0.0327. The zero-order valence-corrected chi connectivity index (χ0v) is 11.1. The molecule has 2 rings (SSSR count). The average Bonchev–Trinajstić information content (AvgIpc) is 2.41. The maximum atomic E-state index is 11.6. The van der Waals surface area contributed by atoms with Crippen LogP contribution in [0.4, 0.5) is 10.5 Å². The van der Waals surface area contributed by atoms with E-state index in [2.05, 4.69) is 10.6 Å². The van der Waals surface area contributed by atoms with E-state index < -0.39 is 6.03 Å². The molecule has 2 aromatic carbocycles. The van der Waals surface area contributed by atoms with Gasteiger partial charge in [-0.05, 0) is 30.7 Å². The van der Waals surface area contributed by atoms with Gasteiger partial charge >= 0.3 is 6.03 Å². The Labute approximate surface area is 117 Å². The number of hydrogen-bond donors (Lipinski definition) is 3. The van der Waals surface area contributed by atoms with E-state index in [-0.39, 0.29) is 5.75 Å². The van der Waals surface area contributed by atoms with Crippen LogP contribution in [0.15, 0.2) is 54.7 Å². The highest BCUT2D eigenvalue weighted by Gasteiger charge is 2.02. The van der Waals surface area contributed by atoms with Gasteiger partial charge in [-0.3, -0.25) is 0 Å². The fourth-order valence-electron chi connectivity index (χ4n) is 1.73. The van der Waals surface area contributed by atoms with Crippen molar-refractivity contribution in [1.82, 2.24) is 5.32 Å². The number of rotatable bonds is 3. The molecule has 2 amide bonds. The van der Waals surface area contributed by atoms with Gasteiger partial charge in [-0.25, -0.2) is 4.79 Å². The molecule has 0 saturated carbocycles. The Hall–Kier alpha value is -2.75. The number of nitrogens with one attached hydrogen (secondary N) is 2. The van der Waals surface area contributed by atoms with Crippen molar-refractivity contribution in [2.75, 3.05) is 5.32 Å². The van der Waals surface area contributed by atoms with E-state index in [0.717, 1.165) is 11.1 Å². The number of phenolic OH excluding ortho intramolecular Hbond substituents is 1. The van der Waals surface area contributed by atoms with Crippen molar-refractivity contribution in [3.8, 4) is 5.75 Å². The third-order valence-corrected chi connectivity index (χ3v) is 2.68. The summed E-state index contributed by atoms with van der Waals surface area (Å²) in [5, 5.41) is 14.7. The molecule has 0 spiro atoms. The van der Waals surface area contributed by atoms with Gasteiger partial charge in [-0.1, -0.05) is 42.0 Å². The number of carbonyl (C=O) groups excluding carboxylic acids is 1. The lowest BCUT2D eigenvalue weighted by Gasteiger charge is -2.06. The maximum Gasteiger partial charge on any atom is 0.323 e. The van der Waals surface area contributed by atoms with Crippen LogP contribution >= 0.6 is 0 Å². The quantitative estimate of drug-likeness (QED) is 0.746. The monoisotopic (exact) mass is 268 g/mol. The number of hydrogen-bond acceptors (Lipinski definition) is 2. The van der Waals surface area contributed by atoms with E-state index in [1.807, 2.05) is 31.2 Å². The second-order valence-electron chi connectivity index (χ2n) is 4.36. The van der Waals surface area contributed by atoms with E-state index in [9.17, 15) is 9.90 Å². The zero-order chi connectivity index (χ0) is 14.4. The molecule has 0 heterocycles. The summed E-state index contributed by atoms with van der Waals surface area (Å²) in [7, 11) is 0.